The molecule has 0 saturated carbocycles. The van der Waals surface area contributed by atoms with E-state index in [0.717, 1.165) is 5.56 Å². The monoisotopic (exact) mass is 433 g/mol. The summed E-state index contributed by atoms with van der Waals surface area (Å²) in [7, 11) is 1.52. The molecule has 0 unspecified atom stereocenters. The minimum atomic E-state index is -1.16. The number of fused-ring (bicyclic) bond motifs is 1. The molecule has 1 N–H and O–H groups in total. The molecule has 164 valence electrons. The van der Waals surface area contributed by atoms with E-state index in [9.17, 15) is 9.59 Å². The van der Waals surface area contributed by atoms with Crippen LogP contribution in [-0.4, -0.2) is 32.2 Å². The van der Waals surface area contributed by atoms with Crippen molar-refractivity contribution >= 4 is 17.6 Å². The fourth-order valence-electron chi connectivity index (χ4n) is 3.36. The van der Waals surface area contributed by atoms with Gasteiger partial charge >= 0.3 is 5.97 Å². The van der Waals surface area contributed by atoms with Crippen molar-refractivity contribution < 1.29 is 28.5 Å². The molecule has 1 heterocycles. The average Bonchev–Trinajstić information content (AvgIpc) is 2.82. The number of hydrogen-bond acceptors (Lipinski definition) is 6. The lowest BCUT2D eigenvalue weighted by molar-refractivity contribution is -0.125. The highest BCUT2D eigenvalue weighted by Gasteiger charge is 2.27. The summed E-state index contributed by atoms with van der Waals surface area (Å²) in [5, 5.41) is 2.82. The van der Waals surface area contributed by atoms with E-state index in [2.05, 4.69) is 5.32 Å². The summed E-state index contributed by atoms with van der Waals surface area (Å²) in [5.41, 5.74) is 2.25. The van der Waals surface area contributed by atoms with Gasteiger partial charge < -0.3 is 24.3 Å². The molecule has 0 radical (unpaired) electrons. The molecule has 4 rings (SSSR count). The second-order valence-electron chi connectivity index (χ2n) is 7.25. The molecule has 3 aromatic carbocycles. The van der Waals surface area contributed by atoms with Crippen molar-refractivity contribution in [2.75, 3.05) is 25.6 Å². The standard InChI is InChI=1S/C25H23NO6/c1-16-8-10-20(29-2)19(14-16)26-24(27)23(17-6-4-3-5-7-17)32-25(28)18-9-11-21-22(15-18)31-13-12-30-21/h3-11,14-15,23H,12-13H2,1-2H3,(H,26,27)/t23-/m0/s1. The van der Waals surface area contributed by atoms with Crippen molar-refractivity contribution in [1.29, 1.82) is 0 Å². The zero-order chi connectivity index (χ0) is 22.5. The van der Waals surface area contributed by atoms with Crippen LogP contribution in [0.5, 0.6) is 17.2 Å². The molecule has 0 aliphatic carbocycles. The van der Waals surface area contributed by atoms with Crippen LogP contribution in [-0.2, 0) is 9.53 Å². The number of benzene rings is 3. The Morgan fingerprint density at radius 1 is 0.938 bits per heavy atom. The fraction of sp³-hybridized carbons (Fsp3) is 0.200. The molecular formula is C25H23NO6. The normalized spacial score (nSPS) is 13.1. The Labute approximate surface area is 185 Å². The third kappa shape index (κ3) is 4.67. The number of carbonyl (C=O) groups is 2. The summed E-state index contributed by atoms with van der Waals surface area (Å²) in [4.78, 5) is 26.1. The van der Waals surface area contributed by atoms with Gasteiger partial charge in [0.2, 0.25) is 6.10 Å². The quantitative estimate of drug-likeness (QED) is 0.584. The number of nitrogens with one attached hydrogen (secondary N) is 1. The topological polar surface area (TPSA) is 83.1 Å². The lowest BCUT2D eigenvalue weighted by Gasteiger charge is -2.21. The van der Waals surface area contributed by atoms with Gasteiger partial charge in [-0.2, -0.15) is 0 Å². The van der Waals surface area contributed by atoms with Gasteiger partial charge in [-0.1, -0.05) is 36.4 Å². The SMILES string of the molecule is COc1ccc(C)cc1NC(=O)[C@@H](OC(=O)c1ccc2c(c1)OCCO2)c1ccccc1. The third-order valence-electron chi connectivity index (χ3n) is 4.96. The molecule has 1 amide bonds. The smallest absolute Gasteiger partial charge is 0.339 e. The summed E-state index contributed by atoms with van der Waals surface area (Å²) in [6.07, 6.45) is -1.16. The highest BCUT2D eigenvalue weighted by atomic mass is 16.6. The van der Waals surface area contributed by atoms with Crippen LogP contribution in [0.4, 0.5) is 5.69 Å². The second-order valence-corrected chi connectivity index (χ2v) is 7.25. The van der Waals surface area contributed by atoms with Crippen molar-refractivity contribution in [3.8, 4) is 17.2 Å². The summed E-state index contributed by atoms with van der Waals surface area (Å²) < 4.78 is 22.0. The van der Waals surface area contributed by atoms with Crippen LogP contribution in [0.2, 0.25) is 0 Å². The third-order valence-corrected chi connectivity index (χ3v) is 4.96. The van der Waals surface area contributed by atoms with E-state index < -0.39 is 18.0 Å². The number of carbonyl (C=O) groups excluding carboxylic acids is 2. The maximum atomic E-state index is 13.2. The Kier molecular flexibility index (Phi) is 6.26. The number of esters is 1. The molecular weight excluding hydrogens is 410 g/mol. The average molecular weight is 433 g/mol. The zero-order valence-electron chi connectivity index (χ0n) is 17.8. The van der Waals surface area contributed by atoms with Crippen LogP contribution in [0.25, 0.3) is 0 Å². The molecule has 0 aromatic heterocycles. The number of anilines is 1. The summed E-state index contributed by atoms with van der Waals surface area (Å²) in [5.74, 6) is 0.398. The Hall–Kier alpha value is -4.00. The first kappa shape index (κ1) is 21.2. The maximum Gasteiger partial charge on any atom is 0.339 e. The first-order chi connectivity index (χ1) is 15.5. The number of methoxy groups -OCH3 is 1. The molecule has 7 nitrogen and oxygen atoms in total. The van der Waals surface area contributed by atoms with Crippen molar-refractivity contribution in [1.82, 2.24) is 0 Å². The number of ether oxygens (including phenoxy) is 4. The highest BCUT2D eigenvalue weighted by molar-refractivity contribution is 5.99. The van der Waals surface area contributed by atoms with Gasteiger partial charge in [-0.25, -0.2) is 4.79 Å². The maximum absolute atomic E-state index is 13.2. The zero-order valence-corrected chi connectivity index (χ0v) is 17.8. The van der Waals surface area contributed by atoms with Crippen LogP contribution in [0.1, 0.15) is 27.6 Å². The Morgan fingerprint density at radius 3 is 2.44 bits per heavy atom. The Balaban J connectivity index is 1.59. The van der Waals surface area contributed by atoms with Gasteiger partial charge in [0.05, 0.1) is 18.4 Å². The van der Waals surface area contributed by atoms with Crippen molar-refractivity contribution in [2.24, 2.45) is 0 Å². The van der Waals surface area contributed by atoms with E-state index in [0.29, 0.717) is 41.7 Å². The van der Waals surface area contributed by atoms with E-state index in [1.807, 2.05) is 19.1 Å². The van der Waals surface area contributed by atoms with Crippen molar-refractivity contribution in [3.63, 3.8) is 0 Å². The molecule has 0 bridgehead atoms. The lowest BCUT2D eigenvalue weighted by atomic mass is 10.1. The molecule has 32 heavy (non-hydrogen) atoms. The minimum Gasteiger partial charge on any atom is -0.495 e. The van der Waals surface area contributed by atoms with E-state index in [1.54, 1.807) is 54.6 Å². The molecule has 0 saturated heterocycles. The Bertz CT molecular complexity index is 1130. The molecule has 3 aromatic rings. The summed E-state index contributed by atoms with van der Waals surface area (Å²) in [6.45, 7) is 2.76. The fourth-order valence-corrected chi connectivity index (χ4v) is 3.36. The molecule has 1 aliphatic heterocycles. The van der Waals surface area contributed by atoms with Crippen LogP contribution < -0.4 is 19.5 Å². The van der Waals surface area contributed by atoms with E-state index in [1.165, 1.54) is 7.11 Å². The number of rotatable bonds is 6. The van der Waals surface area contributed by atoms with E-state index >= 15 is 0 Å². The lowest BCUT2D eigenvalue weighted by Crippen LogP contribution is -2.26. The Morgan fingerprint density at radius 2 is 1.69 bits per heavy atom. The number of hydrogen-bond donors (Lipinski definition) is 1. The van der Waals surface area contributed by atoms with Gasteiger partial charge in [0.15, 0.2) is 11.5 Å². The van der Waals surface area contributed by atoms with Gasteiger partial charge in [-0.05, 0) is 42.8 Å². The van der Waals surface area contributed by atoms with E-state index in [4.69, 9.17) is 18.9 Å². The summed E-state index contributed by atoms with van der Waals surface area (Å²) >= 11 is 0. The van der Waals surface area contributed by atoms with Gasteiger partial charge in [-0.15, -0.1) is 0 Å². The van der Waals surface area contributed by atoms with Crippen molar-refractivity contribution in [2.45, 2.75) is 13.0 Å². The minimum absolute atomic E-state index is 0.260. The molecule has 1 atom stereocenters. The number of aryl methyl sites for hydroxylation is 1. The second kappa shape index (κ2) is 9.43. The predicted octanol–water partition coefficient (Wildman–Crippen LogP) is 4.31. The summed E-state index contributed by atoms with van der Waals surface area (Å²) in [6, 6.07) is 19.1. The van der Waals surface area contributed by atoms with Gasteiger partial charge in [0, 0.05) is 5.56 Å². The van der Waals surface area contributed by atoms with Gasteiger partial charge in [0.25, 0.3) is 5.91 Å². The van der Waals surface area contributed by atoms with Crippen LogP contribution in [0, 0.1) is 6.92 Å². The first-order valence-electron chi connectivity index (χ1n) is 10.2. The van der Waals surface area contributed by atoms with Crippen LogP contribution in [0.3, 0.4) is 0 Å². The highest BCUT2D eigenvalue weighted by Crippen LogP contribution is 2.32. The molecule has 7 heteroatoms. The largest absolute Gasteiger partial charge is 0.495 e. The van der Waals surface area contributed by atoms with Crippen LogP contribution >= 0.6 is 0 Å². The van der Waals surface area contributed by atoms with Gasteiger partial charge in [0.1, 0.15) is 19.0 Å². The van der Waals surface area contributed by atoms with Crippen molar-refractivity contribution in [3.05, 3.63) is 83.4 Å². The number of amides is 1. The van der Waals surface area contributed by atoms with Crippen LogP contribution in [0.15, 0.2) is 66.7 Å². The predicted molar refractivity (Wildman–Crippen MR) is 118 cm³/mol. The van der Waals surface area contributed by atoms with Gasteiger partial charge in [-0.3, -0.25) is 4.79 Å². The molecule has 0 fully saturated rings. The molecule has 0 spiro atoms. The molecule has 1 aliphatic rings. The first-order valence-corrected chi connectivity index (χ1v) is 10.2. The van der Waals surface area contributed by atoms with E-state index in [-0.39, 0.29) is 5.56 Å².